The second kappa shape index (κ2) is 8.29. The Morgan fingerprint density at radius 1 is 0.733 bits per heavy atom. The van der Waals surface area contributed by atoms with Crippen molar-refractivity contribution in [2.45, 2.75) is 30.6 Å². The van der Waals surface area contributed by atoms with Crippen molar-refractivity contribution < 1.29 is 16.8 Å². The maximum atomic E-state index is 12.8. The van der Waals surface area contributed by atoms with E-state index in [1.807, 2.05) is 13.0 Å². The van der Waals surface area contributed by atoms with E-state index in [4.69, 9.17) is 11.6 Å². The number of benzene rings is 3. The highest BCUT2D eigenvalue weighted by molar-refractivity contribution is 7.93. The van der Waals surface area contributed by atoms with E-state index in [1.165, 1.54) is 18.2 Å². The maximum absolute atomic E-state index is 12.8. The predicted octanol–water partition coefficient (Wildman–Crippen LogP) is 4.87. The van der Waals surface area contributed by atoms with E-state index in [9.17, 15) is 16.8 Å². The van der Waals surface area contributed by atoms with Crippen LogP contribution >= 0.6 is 11.6 Å². The normalized spacial score (nSPS) is 11.9. The summed E-state index contributed by atoms with van der Waals surface area (Å²) < 4.78 is 56.2. The molecule has 0 amide bonds. The van der Waals surface area contributed by atoms with Crippen LogP contribution in [0.15, 0.2) is 70.5 Å². The van der Waals surface area contributed by atoms with E-state index in [1.54, 1.807) is 50.2 Å². The minimum atomic E-state index is -4.01. The topological polar surface area (TPSA) is 92.3 Å². The predicted molar refractivity (Wildman–Crippen MR) is 120 cm³/mol. The van der Waals surface area contributed by atoms with Gasteiger partial charge in [0.25, 0.3) is 20.0 Å². The van der Waals surface area contributed by atoms with E-state index in [0.29, 0.717) is 11.3 Å². The SMILES string of the molecule is Cc1cccc(NS(=O)(=O)c2ccc(C)c(NS(=O)(=O)c3ccc(C)cc3Cl)c2)c1. The van der Waals surface area contributed by atoms with Gasteiger partial charge in [-0.25, -0.2) is 16.8 Å². The maximum Gasteiger partial charge on any atom is 0.263 e. The number of nitrogens with one attached hydrogen (secondary N) is 2. The molecule has 3 aromatic carbocycles. The molecule has 3 rings (SSSR count). The minimum absolute atomic E-state index is 0.0673. The lowest BCUT2D eigenvalue weighted by molar-refractivity contribution is 0.598. The quantitative estimate of drug-likeness (QED) is 0.544. The first-order chi connectivity index (χ1) is 14.0. The average Bonchev–Trinajstić information content (AvgIpc) is 2.62. The van der Waals surface area contributed by atoms with Crippen LogP contribution in [0.1, 0.15) is 16.7 Å². The number of rotatable bonds is 6. The van der Waals surface area contributed by atoms with E-state index in [0.717, 1.165) is 11.1 Å². The van der Waals surface area contributed by atoms with Gasteiger partial charge < -0.3 is 0 Å². The van der Waals surface area contributed by atoms with Gasteiger partial charge in [-0.3, -0.25) is 9.44 Å². The van der Waals surface area contributed by atoms with Crippen LogP contribution in [0, 0.1) is 20.8 Å². The van der Waals surface area contributed by atoms with Crippen LogP contribution < -0.4 is 9.44 Å². The molecule has 2 N–H and O–H groups in total. The molecule has 158 valence electrons. The van der Waals surface area contributed by atoms with Gasteiger partial charge >= 0.3 is 0 Å². The standard InChI is InChI=1S/C21H21ClN2O4S2/c1-14-5-4-6-17(11-14)23-29(25,26)18-9-8-16(3)20(13-18)24-30(27,28)21-10-7-15(2)12-19(21)22/h4-13,23-24H,1-3H3. The third kappa shape index (κ3) is 4.95. The molecule has 0 atom stereocenters. The lowest BCUT2D eigenvalue weighted by Gasteiger charge is -2.14. The number of sulfonamides is 2. The zero-order chi connectivity index (χ0) is 22.1. The molecule has 0 aliphatic carbocycles. The second-order valence-corrected chi connectivity index (χ2v) is 10.7. The van der Waals surface area contributed by atoms with Gasteiger partial charge in [0.1, 0.15) is 4.90 Å². The zero-order valence-corrected chi connectivity index (χ0v) is 19.0. The molecular weight excluding hydrogens is 444 g/mol. The smallest absolute Gasteiger partial charge is 0.263 e. The molecular formula is C21H21ClN2O4S2. The number of hydrogen-bond donors (Lipinski definition) is 2. The first kappa shape index (κ1) is 22.1. The summed E-state index contributed by atoms with van der Waals surface area (Å²) in [6, 6.07) is 15.8. The minimum Gasteiger partial charge on any atom is -0.280 e. The summed E-state index contributed by atoms with van der Waals surface area (Å²) in [6.45, 7) is 5.33. The largest absolute Gasteiger partial charge is 0.280 e. The van der Waals surface area contributed by atoms with E-state index < -0.39 is 20.0 Å². The molecule has 0 aliphatic heterocycles. The highest BCUT2D eigenvalue weighted by atomic mass is 35.5. The molecule has 0 saturated heterocycles. The number of aryl methyl sites for hydroxylation is 3. The third-order valence-corrected chi connectivity index (χ3v) is 7.64. The molecule has 0 unspecified atom stereocenters. The van der Waals surface area contributed by atoms with Gasteiger partial charge in [0.2, 0.25) is 0 Å². The van der Waals surface area contributed by atoms with E-state index in [2.05, 4.69) is 9.44 Å². The first-order valence-electron chi connectivity index (χ1n) is 8.97. The van der Waals surface area contributed by atoms with Crippen molar-refractivity contribution in [1.82, 2.24) is 0 Å². The Hall–Kier alpha value is -2.55. The van der Waals surface area contributed by atoms with Crippen LogP contribution in [-0.2, 0) is 20.0 Å². The summed E-state index contributed by atoms with van der Waals surface area (Å²) in [7, 11) is -7.92. The molecule has 6 nitrogen and oxygen atoms in total. The summed E-state index contributed by atoms with van der Waals surface area (Å²) in [6.07, 6.45) is 0. The Kier molecular flexibility index (Phi) is 6.12. The molecule has 0 radical (unpaired) electrons. The highest BCUT2D eigenvalue weighted by Gasteiger charge is 2.21. The molecule has 0 heterocycles. The molecule has 0 bridgehead atoms. The van der Waals surface area contributed by atoms with Crippen molar-refractivity contribution in [1.29, 1.82) is 0 Å². The van der Waals surface area contributed by atoms with Crippen molar-refractivity contribution in [2.24, 2.45) is 0 Å². The molecule has 0 spiro atoms. The number of anilines is 2. The van der Waals surface area contributed by atoms with Crippen molar-refractivity contribution in [3.8, 4) is 0 Å². The third-order valence-electron chi connectivity index (χ3n) is 4.41. The lowest BCUT2D eigenvalue weighted by Crippen LogP contribution is -2.16. The van der Waals surface area contributed by atoms with Crippen LogP contribution in [0.3, 0.4) is 0 Å². The molecule has 0 aliphatic rings. The lowest BCUT2D eigenvalue weighted by atomic mass is 10.2. The fourth-order valence-corrected chi connectivity index (χ4v) is 5.62. The molecule has 3 aromatic rings. The molecule has 0 saturated carbocycles. The van der Waals surface area contributed by atoms with E-state index in [-0.39, 0.29) is 20.5 Å². The average molecular weight is 465 g/mol. The summed E-state index contributed by atoms with van der Waals surface area (Å²) in [4.78, 5) is -0.150. The number of halogens is 1. The van der Waals surface area contributed by atoms with Crippen LogP contribution in [0.25, 0.3) is 0 Å². The summed E-state index contributed by atoms with van der Waals surface area (Å²) >= 11 is 6.10. The molecule has 30 heavy (non-hydrogen) atoms. The Morgan fingerprint density at radius 3 is 2.10 bits per heavy atom. The van der Waals surface area contributed by atoms with E-state index >= 15 is 0 Å². The van der Waals surface area contributed by atoms with Gasteiger partial charge in [0.15, 0.2) is 0 Å². The fraction of sp³-hybridized carbons (Fsp3) is 0.143. The van der Waals surface area contributed by atoms with Crippen LogP contribution in [0.5, 0.6) is 0 Å². The molecule has 0 fully saturated rings. The Morgan fingerprint density at radius 2 is 1.43 bits per heavy atom. The summed E-state index contributed by atoms with van der Waals surface area (Å²) in [5, 5.41) is 0.0880. The van der Waals surface area contributed by atoms with Gasteiger partial charge in [-0.15, -0.1) is 0 Å². The molecule has 9 heteroatoms. The van der Waals surface area contributed by atoms with Crippen molar-refractivity contribution >= 4 is 43.0 Å². The Balaban J connectivity index is 1.95. The van der Waals surface area contributed by atoms with Crippen molar-refractivity contribution in [3.63, 3.8) is 0 Å². The Bertz CT molecular complexity index is 1320. The summed E-state index contributed by atoms with van der Waals surface area (Å²) in [5.74, 6) is 0. The van der Waals surface area contributed by atoms with Crippen LogP contribution in [0.2, 0.25) is 5.02 Å². The van der Waals surface area contributed by atoms with Crippen LogP contribution in [0.4, 0.5) is 11.4 Å². The van der Waals surface area contributed by atoms with Gasteiger partial charge in [-0.2, -0.15) is 0 Å². The fourth-order valence-electron chi connectivity index (χ4n) is 2.82. The van der Waals surface area contributed by atoms with Crippen LogP contribution in [-0.4, -0.2) is 16.8 Å². The van der Waals surface area contributed by atoms with Crippen molar-refractivity contribution in [3.05, 3.63) is 82.4 Å². The first-order valence-corrected chi connectivity index (χ1v) is 12.3. The molecule has 0 aromatic heterocycles. The zero-order valence-electron chi connectivity index (χ0n) is 16.6. The monoisotopic (exact) mass is 464 g/mol. The van der Waals surface area contributed by atoms with Gasteiger partial charge in [-0.05, 0) is 73.9 Å². The van der Waals surface area contributed by atoms with Gasteiger partial charge in [0.05, 0.1) is 15.6 Å². The Labute approximate surface area is 182 Å². The van der Waals surface area contributed by atoms with Gasteiger partial charge in [0, 0.05) is 5.69 Å². The van der Waals surface area contributed by atoms with Crippen molar-refractivity contribution in [2.75, 3.05) is 9.44 Å². The number of hydrogen-bond acceptors (Lipinski definition) is 4. The summed E-state index contributed by atoms with van der Waals surface area (Å²) in [5.41, 5.74) is 2.87. The second-order valence-electron chi connectivity index (χ2n) is 6.99. The highest BCUT2D eigenvalue weighted by Crippen LogP contribution is 2.28. The van der Waals surface area contributed by atoms with Gasteiger partial charge in [-0.1, -0.05) is 35.9 Å².